The molecule has 1 aliphatic rings. The lowest BCUT2D eigenvalue weighted by molar-refractivity contribution is 0.147. The van der Waals surface area contributed by atoms with E-state index in [9.17, 15) is 0 Å². The van der Waals surface area contributed by atoms with E-state index in [0.29, 0.717) is 0 Å². The molecule has 1 N–H and O–H groups in total. The number of anilines is 1. The summed E-state index contributed by atoms with van der Waals surface area (Å²) in [4.78, 5) is 12.1. The van der Waals surface area contributed by atoms with Crippen LogP contribution >= 0.6 is 11.3 Å². The summed E-state index contributed by atoms with van der Waals surface area (Å²) < 4.78 is 5.39. The molecular weight excluding hydrogens is 282 g/mol. The fourth-order valence-corrected chi connectivity index (χ4v) is 4.13. The van der Waals surface area contributed by atoms with E-state index >= 15 is 0 Å². The molecule has 2 heterocycles. The van der Waals surface area contributed by atoms with Crippen LogP contribution < -0.4 is 5.32 Å². The molecule has 0 spiro atoms. The maximum absolute atomic E-state index is 5.39. The van der Waals surface area contributed by atoms with Crippen molar-refractivity contribution in [1.29, 1.82) is 0 Å². The second-order valence-electron chi connectivity index (χ2n) is 5.36. The number of hydrogen-bond acceptors (Lipinski definition) is 5. The van der Waals surface area contributed by atoms with E-state index in [1.165, 1.54) is 39.9 Å². The highest BCUT2D eigenvalue weighted by molar-refractivity contribution is 7.19. The highest BCUT2D eigenvalue weighted by Crippen LogP contribution is 2.39. The molecule has 114 valence electrons. The Bertz CT molecular complexity index is 623. The van der Waals surface area contributed by atoms with Crippen LogP contribution in [0.3, 0.4) is 0 Å². The summed E-state index contributed by atoms with van der Waals surface area (Å²) in [7, 11) is 0. The SMILES string of the molecule is CCOCCCNc1nc(CC)nc2sc3c(c12)CCC3. The molecule has 0 saturated heterocycles. The molecule has 1 aliphatic carbocycles. The van der Waals surface area contributed by atoms with Crippen LogP contribution in [0, 0.1) is 0 Å². The van der Waals surface area contributed by atoms with Gasteiger partial charge in [-0.2, -0.15) is 0 Å². The molecule has 0 aliphatic heterocycles. The zero-order valence-electron chi connectivity index (χ0n) is 12.9. The van der Waals surface area contributed by atoms with Crippen LogP contribution in [0.5, 0.6) is 0 Å². The van der Waals surface area contributed by atoms with E-state index < -0.39 is 0 Å². The maximum Gasteiger partial charge on any atom is 0.138 e. The minimum absolute atomic E-state index is 0.787. The molecule has 0 bridgehead atoms. The third-order valence-electron chi connectivity index (χ3n) is 3.89. The number of nitrogens with zero attached hydrogens (tertiary/aromatic N) is 2. The number of aryl methyl sites for hydroxylation is 3. The van der Waals surface area contributed by atoms with Gasteiger partial charge in [0.2, 0.25) is 0 Å². The summed E-state index contributed by atoms with van der Waals surface area (Å²) in [6.07, 6.45) is 5.55. The maximum atomic E-state index is 5.39. The number of hydrogen-bond donors (Lipinski definition) is 1. The molecular formula is C16H23N3OS. The van der Waals surface area contributed by atoms with Gasteiger partial charge in [0.25, 0.3) is 0 Å². The van der Waals surface area contributed by atoms with Crippen LogP contribution in [0.2, 0.25) is 0 Å². The second kappa shape index (κ2) is 6.71. The Balaban J connectivity index is 1.84. The van der Waals surface area contributed by atoms with Crippen molar-refractivity contribution >= 4 is 27.4 Å². The first kappa shape index (κ1) is 14.7. The predicted octanol–water partition coefficient (Wildman–Crippen LogP) is 3.58. The summed E-state index contributed by atoms with van der Waals surface area (Å²) in [6.45, 7) is 6.64. The highest BCUT2D eigenvalue weighted by Gasteiger charge is 2.21. The minimum atomic E-state index is 0.787. The van der Waals surface area contributed by atoms with Gasteiger partial charge in [0.05, 0.1) is 5.39 Å². The molecule has 5 heteroatoms. The van der Waals surface area contributed by atoms with Gasteiger partial charge in [-0.25, -0.2) is 9.97 Å². The van der Waals surface area contributed by atoms with Crippen LogP contribution in [0.4, 0.5) is 5.82 Å². The van der Waals surface area contributed by atoms with Crippen LogP contribution in [0.15, 0.2) is 0 Å². The first-order valence-electron chi connectivity index (χ1n) is 7.96. The summed E-state index contributed by atoms with van der Waals surface area (Å²) in [5.41, 5.74) is 1.49. The second-order valence-corrected chi connectivity index (χ2v) is 6.44. The summed E-state index contributed by atoms with van der Waals surface area (Å²) in [6, 6.07) is 0. The Morgan fingerprint density at radius 3 is 2.95 bits per heavy atom. The molecule has 4 nitrogen and oxygen atoms in total. The Kier molecular flexibility index (Phi) is 4.70. The van der Waals surface area contributed by atoms with Crippen LogP contribution in [-0.4, -0.2) is 29.7 Å². The highest BCUT2D eigenvalue weighted by atomic mass is 32.1. The van der Waals surface area contributed by atoms with Crippen LogP contribution in [0.25, 0.3) is 10.2 Å². The van der Waals surface area contributed by atoms with Gasteiger partial charge in [0.1, 0.15) is 16.5 Å². The topological polar surface area (TPSA) is 47.0 Å². The number of aromatic nitrogens is 2. The average molecular weight is 305 g/mol. The molecule has 21 heavy (non-hydrogen) atoms. The fraction of sp³-hybridized carbons (Fsp3) is 0.625. The third-order valence-corrected chi connectivity index (χ3v) is 5.07. The molecule has 0 saturated carbocycles. The molecule has 0 unspecified atom stereocenters. The van der Waals surface area contributed by atoms with E-state index in [1.54, 1.807) is 0 Å². The van der Waals surface area contributed by atoms with Gasteiger partial charge in [0, 0.05) is 31.1 Å². The molecule has 2 aromatic heterocycles. The van der Waals surface area contributed by atoms with Gasteiger partial charge < -0.3 is 10.1 Å². The zero-order chi connectivity index (χ0) is 14.7. The first-order chi connectivity index (χ1) is 10.3. The van der Waals surface area contributed by atoms with Crippen LogP contribution in [-0.2, 0) is 24.0 Å². The van der Waals surface area contributed by atoms with Crippen molar-refractivity contribution < 1.29 is 4.74 Å². The lowest BCUT2D eigenvalue weighted by atomic mass is 10.2. The van der Waals surface area contributed by atoms with Gasteiger partial charge in [-0.3, -0.25) is 0 Å². The predicted molar refractivity (Wildman–Crippen MR) is 88.4 cm³/mol. The summed E-state index contributed by atoms with van der Waals surface area (Å²) in [5.74, 6) is 1.97. The van der Waals surface area contributed by atoms with E-state index in [0.717, 1.165) is 44.2 Å². The van der Waals surface area contributed by atoms with Gasteiger partial charge in [0.15, 0.2) is 0 Å². The van der Waals surface area contributed by atoms with E-state index in [4.69, 9.17) is 14.7 Å². The quantitative estimate of drug-likeness (QED) is 0.794. The molecule has 0 fully saturated rings. The third kappa shape index (κ3) is 3.04. The summed E-state index contributed by atoms with van der Waals surface area (Å²) in [5, 5.41) is 4.79. The lowest BCUT2D eigenvalue weighted by Crippen LogP contribution is -2.09. The van der Waals surface area contributed by atoms with Gasteiger partial charge in [-0.1, -0.05) is 6.92 Å². The van der Waals surface area contributed by atoms with Crippen molar-refractivity contribution in [3.63, 3.8) is 0 Å². The van der Waals surface area contributed by atoms with Gasteiger partial charge >= 0.3 is 0 Å². The zero-order valence-corrected chi connectivity index (χ0v) is 13.7. The number of rotatable bonds is 7. The largest absolute Gasteiger partial charge is 0.382 e. The minimum Gasteiger partial charge on any atom is -0.382 e. The van der Waals surface area contributed by atoms with Crippen molar-refractivity contribution in [3.8, 4) is 0 Å². The normalized spacial score (nSPS) is 13.8. The Labute approximate surface area is 129 Å². The van der Waals surface area contributed by atoms with E-state index in [2.05, 4.69) is 12.2 Å². The smallest absolute Gasteiger partial charge is 0.138 e. The average Bonchev–Trinajstić information content (AvgIpc) is 3.06. The van der Waals surface area contributed by atoms with E-state index in [1.807, 2.05) is 18.3 Å². The Morgan fingerprint density at radius 1 is 1.24 bits per heavy atom. The fourth-order valence-electron chi connectivity index (χ4n) is 2.85. The van der Waals surface area contributed by atoms with Crippen molar-refractivity contribution in [1.82, 2.24) is 9.97 Å². The monoisotopic (exact) mass is 305 g/mol. The van der Waals surface area contributed by atoms with Crippen LogP contribution in [0.1, 0.15) is 43.0 Å². The van der Waals surface area contributed by atoms with Crippen molar-refractivity contribution in [2.75, 3.05) is 25.1 Å². The molecule has 3 rings (SSSR count). The molecule has 2 aromatic rings. The number of nitrogens with one attached hydrogen (secondary N) is 1. The van der Waals surface area contributed by atoms with Crippen molar-refractivity contribution in [2.24, 2.45) is 0 Å². The molecule has 0 radical (unpaired) electrons. The van der Waals surface area contributed by atoms with Crippen molar-refractivity contribution in [2.45, 2.75) is 46.0 Å². The molecule has 0 aromatic carbocycles. The van der Waals surface area contributed by atoms with Gasteiger partial charge in [-0.15, -0.1) is 11.3 Å². The Morgan fingerprint density at radius 2 is 2.14 bits per heavy atom. The molecule has 0 atom stereocenters. The number of thiophene rings is 1. The summed E-state index contributed by atoms with van der Waals surface area (Å²) >= 11 is 1.86. The number of ether oxygens (including phenoxy) is 1. The standard InChI is InChI=1S/C16H23N3OS/c1-3-13-18-15(17-9-6-10-20-4-2)14-11-7-5-8-12(11)21-16(14)19-13/h3-10H2,1-2H3,(H,17,18,19). The molecule has 0 amide bonds. The first-order valence-corrected chi connectivity index (χ1v) is 8.77. The number of fused-ring (bicyclic) bond motifs is 3. The van der Waals surface area contributed by atoms with Crippen molar-refractivity contribution in [3.05, 3.63) is 16.3 Å². The Hall–Kier alpha value is -1.20. The van der Waals surface area contributed by atoms with Gasteiger partial charge in [-0.05, 0) is 38.2 Å². The lowest BCUT2D eigenvalue weighted by Gasteiger charge is -2.09. The van der Waals surface area contributed by atoms with E-state index in [-0.39, 0.29) is 0 Å².